The van der Waals surface area contributed by atoms with Gasteiger partial charge in [0.05, 0.1) is 29.4 Å². The largest absolute Gasteiger partial charge is 0.382 e. The van der Waals surface area contributed by atoms with Crippen LogP contribution in [0, 0.1) is 0 Å². The maximum atomic E-state index is 5.59. The minimum atomic E-state index is 0.663. The number of ether oxygens (including phenoxy) is 1. The molecule has 8 heteroatoms. The molecule has 0 bridgehead atoms. The van der Waals surface area contributed by atoms with E-state index >= 15 is 0 Å². The zero-order valence-corrected chi connectivity index (χ0v) is 13.6. The monoisotopic (exact) mass is 332 g/mol. The van der Waals surface area contributed by atoms with Crippen molar-refractivity contribution in [2.24, 2.45) is 5.73 Å². The lowest BCUT2D eigenvalue weighted by Crippen LogP contribution is -2.11. The number of fused-ring (bicyclic) bond motifs is 1. The first-order chi connectivity index (χ1) is 11.4. The van der Waals surface area contributed by atoms with Crippen LogP contribution in [0.1, 0.15) is 12.8 Å². The molecule has 0 saturated heterocycles. The van der Waals surface area contributed by atoms with Crippen molar-refractivity contribution in [2.75, 3.05) is 31.6 Å². The van der Waals surface area contributed by atoms with Crippen LogP contribution in [0.2, 0.25) is 0 Å². The van der Waals surface area contributed by atoms with Gasteiger partial charge in [0.1, 0.15) is 0 Å². The second kappa shape index (κ2) is 8.00. The van der Waals surface area contributed by atoms with Gasteiger partial charge >= 0.3 is 0 Å². The zero-order valence-electron chi connectivity index (χ0n) is 12.8. The highest BCUT2D eigenvalue weighted by molar-refractivity contribution is 7.09. The van der Waals surface area contributed by atoms with Crippen LogP contribution in [0.4, 0.5) is 5.69 Å². The standard InChI is InChI=1S/C15H20N6OS/c16-3-1-2-5-22-6-4-17-13-7-11(15-10-19-21-23-15)8-14-12(13)9-18-20-14/h7-10,17H,1-6,16H2,(H,18,20). The van der Waals surface area contributed by atoms with E-state index in [1.165, 1.54) is 11.5 Å². The van der Waals surface area contributed by atoms with Crippen molar-refractivity contribution in [3.63, 3.8) is 0 Å². The molecule has 0 saturated carbocycles. The number of aromatic amines is 1. The summed E-state index contributed by atoms with van der Waals surface area (Å²) in [6.45, 7) is 2.88. The minimum absolute atomic E-state index is 0.663. The van der Waals surface area contributed by atoms with Crippen molar-refractivity contribution in [2.45, 2.75) is 12.8 Å². The number of nitrogens with zero attached hydrogens (tertiary/aromatic N) is 3. The van der Waals surface area contributed by atoms with E-state index in [-0.39, 0.29) is 0 Å². The summed E-state index contributed by atoms with van der Waals surface area (Å²) < 4.78 is 9.52. The lowest BCUT2D eigenvalue weighted by atomic mass is 10.1. The third-order valence-corrected chi connectivity index (χ3v) is 4.22. The second-order valence-electron chi connectivity index (χ2n) is 5.17. The predicted molar refractivity (Wildman–Crippen MR) is 92.6 cm³/mol. The average molecular weight is 332 g/mol. The third-order valence-electron chi connectivity index (χ3n) is 3.51. The number of anilines is 1. The Labute approximate surface area is 138 Å². The number of nitrogens with one attached hydrogen (secondary N) is 2. The van der Waals surface area contributed by atoms with E-state index in [1.54, 1.807) is 6.20 Å². The molecule has 4 N–H and O–H groups in total. The normalized spacial score (nSPS) is 11.2. The topological polar surface area (TPSA) is 102 Å². The van der Waals surface area contributed by atoms with Gasteiger partial charge in [-0.2, -0.15) is 5.10 Å². The summed E-state index contributed by atoms with van der Waals surface area (Å²) in [5, 5.41) is 15.5. The van der Waals surface area contributed by atoms with Crippen LogP contribution < -0.4 is 11.1 Å². The number of hydrogen-bond donors (Lipinski definition) is 3. The number of benzene rings is 1. The quantitative estimate of drug-likeness (QED) is 0.520. The Balaban J connectivity index is 1.64. The predicted octanol–water partition coefficient (Wildman–Crippen LogP) is 2.25. The molecule has 0 spiro atoms. The fraction of sp³-hybridized carbons (Fsp3) is 0.400. The van der Waals surface area contributed by atoms with Crippen LogP contribution in [-0.2, 0) is 4.74 Å². The highest BCUT2D eigenvalue weighted by atomic mass is 32.1. The Morgan fingerprint density at radius 3 is 3.00 bits per heavy atom. The van der Waals surface area contributed by atoms with Crippen LogP contribution in [0.5, 0.6) is 0 Å². The first kappa shape index (κ1) is 15.9. The van der Waals surface area contributed by atoms with Gasteiger partial charge in [-0.05, 0) is 48.6 Å². The zero-order chi connectivity index (χ0) is 15.9. The number of nitrogens with two attached hydrogens (primary N) is 1. The SMILES string of the molecule is NCCCCOCCNc1cc(-c2cnns2)cc2[nH]ncc12. The van der Waals surface area contributed by atoms with Crippen molar-refractivity contribution >= 4 is 28.1 Å². The number of hydrogen-bond acceptors (Lipinski definition) is 7. The van der Waals surface area contributed by atoms with Crippen molar-refractivity contribution in [3.05, 3.63) is 24.5 Å². The Kier molecular flexibility index (Phi) is 5.51. The molecule has 2 aromatic heterocycles. The Morgan fingerprint density at radius 1 is 1.22 bits per heavy atom. The molecule has 3 rings (SSSR count). The summed E-state index contributed by atoms with van der Waals surface area (Å²) in [6.07, 6.45) is 5.62. The number of aromatic nitrogens is 4. The lowest BCUT2D eigenvalue weighted by Gasteiger charge is -2.10. The van der Waals surface area contributed by atoms with E-state index in [2.05, 4.69) is 37.2 Å². The molecular formula is C15H20N6OS. The van der Waals surface area contributed by atoms with Gasteiger partial charge in [-0.3, -0.25) is 5.10 Å². The molecule has 0 aliphatic rings. The van der Waals surface area contributed by atoms with Crippen molar-refractivity contribution < 1.29 is 4.74 Å². The molecule has 122 valence electrons. The van der Waals surface area contributed by atoms with E-state index in [1.807, 2.05) is 6.20 Å². The Morgan fingerprint density at radius 2 is 2.17 bits per heavy atom. The fourth-order valence-corrected chi connectivity index (χ4v) is 2.84. The molecule has 2 heterocycles. The summed E-state index contributed by atoms with van der Waals surface area (Å²) in [4.78, 5) is 1.03. The van der Waals surface area contributed by atoms with E-state index in [9.17, 15) is 0 Å². The molecule has 1 aromatic carbocycles. The van der Waals surface area contributed by atoms with Crippen LogP contribution in [-0.4, -0.2) is 46.1 Å². The van der Waals surface area contributed by atoms with Gasteiger partial charge in [-0.1, -0.05) is 4.49 Å². The van der Waals surface area contributed by atoms with Gasteiger partial charge in [0, 0.05) is 24.2 Å². The van der Waals surface area contributed by atoms with Crippen molar-refractivity contribution in [1.29, 1.82) is 0 Å². The van der Waals surface area contributed by atoms with E-state index in [0.29, 0.717) is 6.61 Å². The summed E-state index contributed by atoms with van der Waals surface area (Å²) in [6, 6.07) is 4.16. The lowest BCUT2D eigenvalue weighted by molar-refractivity contribution is 0.140. The molecule has 0 radical (unpaired) electrons. The molecule has 0 aliphatic carbocycles. The Hall–Kier alpha value is -2.03. The molecule has 7 nitrogen and oxygen atoms in total. The maximum absolute atomic E-state index is 5.59. The van der Waals surface area contributed by atoms with Gasteiger partial charge in [0.15, 0.2) is 0 Å². The molecule has 23 heavy (non-hydrogen) atoms. The maximum Gasteiger partial charge on any atom is 0.0755 e. The van der Waals surface area contributed by atoms with Crippen molar-refractivity contribution in [3.8, 4) is 10.4 Å². The minimum Gasteiger partial charge on any atom is -0.382 e. The van der Waals surface area contributed by atoms with Crippen LogP contribution >= 0.6 is 11.5 Å². The van der Waals surface area contributed by atoms with Gasteiger partial charge in [0.25, 0.3) is 0 Å². The highest BCUT2D eigenvalue weighted by Gasteiger charge is 2.09. The van der Waals surface area contributed by atoms with Crippen LogP contribution in [0.15, 0.2) is 24.5 Å². The smallest absolute Gasteiger partial charge is 0.0755 e. The van der Waals surface area contributed by atoms with Gasteiger partial charge in [-0.25, -0.2) is 0 Å². The first-order valence-corrected chi connectivity index (χ1v) is 8.42. The highest BCUT2D eigenvalue weighted by Crippen LogP contribution is 2.30. The molecule has 0 fully saturated rings. The average Bonchev–Trinajstić information content (AvgIpc) is 3.24. The van der Waals surface area contributed by atoms with Gasteiger partial charge < -0.3 is 15.8 Å². The molecule has 0 aliphatic heterocycles. The molecule has 3 aromatic rings. The first-order valence-electron chi connectivity index (χ1n) is 7.65. The Bertz CT molecular complexity index is 727. The van der Waals surface area contributed by atoms with Crippen LogP contribution in [0.25, 0.3) is 21.3 Å². The summed E-state index contributed by atoms with van der Waals surface area (Å²) in [7, 11) is 0. The molecule has 0 atom stereocenters. The van der Waals surface area contributed by atoms with E-state index in [4.69, 9.17) is 10.5 Å². The summed E-state index contributed by atoms with van der Waals surface area (Å²) in [5.74, 6) is 0. The summed E-state index contributed by atoms with van der Waals surface area (Å²) in [5.41, 5.74) is 8.55. The molecule has 0 amide bonds. The van der Waals surface area contributed by atoms with E-state index < -0.39 is 0 Å². The fourth-order valence-electron chi connectivity index (χ4n) is 2.34. The van der Waals surface area contributed by atoms with Gasteiger partial charge in [-0.15, -0.1) is 5.10 Å². The van der Waals surface area contributed by atoms with Gasteiger partial charge in [0.2, 0.25) is 0 Å². The molecule has 0 unspecified atom stereocenters. The number of H-pyrrole nitrogens is 1. The third kappa shape index (κ3) is 4.04. The second-order valence-corrected chi connectivity index (χ2v) is 5.96. The van der Waals surface area contributed by atoms with Crippen LogP contribution in [0.3, 0.4) is 0 Å². The van der Waals surface area contributed by atoms with E-state index in [0.717, 1.165) is 59.6 Å². The number of rotatable bonds is 9. The number of unbranched alkanes of at least 4 members (excludes halogenated alkanes) is 1. The molecular weight excluding hydrogens is 312 g/mol. The van der Waals surface area contributed by atoms with Crippen molar-refractivity contribution in [1.82, 2.24) is 19.8 Å². The summed E-state index contributed by atoms with van der Waals surface area (Å²) >= 11 is 1.38.